The Morgan fingerprint density at radius 1 is 1.11 bits per heavy atom. The van der Waals surface area contributed by atoms with Gasteiger partial charge in [0.25, 0.3) is 0 Å². The monoisotopic (exact) mass is 558 g/mol. The topological polar surface area (TPSA) is 92.3 Å². The van der Waals surface area contributed by atoms with Crippen molar-refractivity contribution in [1.82, 2.24) is 9.97 Å². The maximum atomic E-state index is 12.6. The van der Waals surface area contributed by atoms with Gasteiger partial charge in [-0.2, -0.15) is 0 Å². The van der Waals surface area contributed by atoms with Crippen molar-refractivity contribution in [2.24, 2.45) is 5.92 Å². The van der Waals surface area contributed by atoms with Gasteiger partial charge in [0.05, 0.1) is 50.4 Å². The molecule has 37 heavy (non-hydrogen) atoms. The molecule has 1 aliphatic rings. The van der Waals surface area contributed by atoms with E-state index in [-0.39, 0.29) is 24.4 Å². The number of H-pyrrole nitrogens is 1. The normalized spacial score (nSPS) is 14.9. The van der Waals surface area contributed by atoms with Crippen LogP contribution in [0, 0.1) is 5.92 Å². The summed E-state index contributed by atoms with van der Waals surface area (Å²) < 4.78 is 31.2. The molecule has 1 aliphatic carbocycles. The Labute approximate surface area is 226 Å². The van der Waals surface area contributed by atoms with E-state index in [2.05, 4.69) is 9.97 Å². The highest BCUT2D eigenvalue weighted by molar-refractivity contribution is 7.91. The van der Waals surface area contributed by atoms with Crippen molar-refractivity contribution in [1.29, 1.82) is 0 Å². The van der Waals surface area contributed by atoms with Gasteiger partial charge in [-0.1, -0.05) is 53.5 Å². The van der Waals surface area contributed by atoms with Gasteiger partial charge in [-0.05, 0) is 62.4 Å². The lowest BCUT2D eigenvalue weighted by Gasteiger charge is -2.16. The van der Waals surface area contributed by atoms with E-state index in [1.807, 2.05) is 38.1 Å². The van der Waals surface area contributed by atoms with Crippen LogP contribution >= 0.6 is 23.2 Å². The highest BCUT2D eigenvalue weighted by Crippen LogP contribution is 2.43. The Morgan fingerprint density at radius 2 is 1.81 bits per heavy atom. The van der Waals surface area contributed by atoms with Crippen molar-refractivity contribution >= 4 is 44.1 Å². The molecule has 1 atom stereocenters. The number of aliphatic hydroxyl groups is 1. The predicted octanol–water partition coefficient (Wildman–Crippen LogP) is 6.63. The van der Waals surface area contributed by atoms with Gasteiger partial charge in [0.2, 0.25) is 0 Å². The molecule has 3 aromatic carbocycles. The minimum atomic E-state index is -3.31. The van der Waals surface area contributed by atoms with Gasteiger partial charge >= 0.3 is 0 Å². The number of hydrogen-bond donors (Lipinski definition) is 2. The largest absolute Gasteiger partial charge is 0.490 e. The number of benzene rings is 3. The van der Waals surface area contributed by atoms with Crippen molar-refractivity contribution in [3.05, 3.63) is 76.0 Å². The summed E-state index contributed by atoms with van der Waals surface area (Å²) in [5.41, 5.74) is 3.31. The highest BCUT2D eigenvalue weighted by Gasteiger charge is 2.29. The standard InChI is InChI=1S/C28H28Cl2N2O4S/c1-16(2)36-24-6-4-3-5-20(24)25-22(29)13-23-27(26(25)30)32-28(31-23)21(14-33)18-9-11-19(12-10-18)37(34,35)15-17-7-8-17/h3-6,9-13,16-17,21,33H,7-8,14-15H2,1-2H3,(H,31,32). The average Bonchev–Trinajstić information content (AvgIpc) is 3.56. The van der Waals surface area contributed by atoms with Gasteiger partial charge in [-0.15, -0.1) is 0 Å². The fourth-order valence-electron chi connectivity index (χ4n) is 4.49. The van der Waals surface area contributed by atoms with Gasteiger partial charge in [0.1, 0.15) is 11.6 Å². The number of sulfone groups is 1. The summed E-state index contributed by atoms with van der Waals surface area (Å²) >= 11 is 13.6. The molecule has 6 nitrogen and oxygen atoms in total. The van der Waals surface area contributed by atoms with Crippen LogP contribution in [0.15, 0.2) is 59.5 Å². The molecule has 0 spiro atoms. The zero-order valence-electron chi connectivity index (χ0n) is 20.5. The number of para-hydroxylation sites is 1. The van der Waals surface area contributed by atoms with Crippen LogP contribution in [0.2, 0.25) is 10.0 Å². The summed E-state index contributed by atoms with van der Waals surface area (Å²) in [5.74, 6) is 1.14. The van der Waals surface area contributed by atoms with Crippen molar-refractivity contribution in [2.75, 3.05) is 12.4 Å². The maximum absolute atomic E-state index is 12.6. The van der Waals surface area contributed by atoms with E-state index in [1.165, 1.54) is 0 Å². The molecule has 1 heterocycles. The first-order valence-corrected chi connectivity index (χ1v) is 14.7. The number of halogens is 2. The second kappa shape index (κ2) is 10.3. The van der Waals surface area contributed by atoms with Gasteiger partial charge in [-0.3, -0.25) is 0 Å². The van der Waals surface area contributed by atoms with Crippen LogP contribution in [0.3, 0.4) is 0 Å². The number of hydrogen-bond acceptors (Lipinski definition) is 5. The van der Waals surface area contributed by atoms with E-state index in [0.29, 0.717) is 43.1 Å². The van der Waals surface area contributed by atoms with Gasteiger partial charge in [0, 0.05) is 11.1 Å². The molecule has 0 saturated heterocycles. The molecule has 5 rings (SSSR count). The fourth-order valence-corrected chi connectivity index (χ4v) is 6.88. The van der Waals surface area contributed by atoms with Gasteiger partial charge in [0.15, 0.2) is 9.84 Å². The molecule has 4 aromatic rings. The Balaban J connectivity index is 1.51. The lowest BCUT2D eigenvalue weighted by atomic mass is 9.99. The Kier molecular flexibility index (Phi) is 7.24. The van der Waals surface area contributed by atoms with E-state index < -0.39 is 15.8 Å². The SMILES string of the molecule is CC(C)Oc1ccccc1-c1c(Cl)cc2nc(C(CO)c3ccc(S(=O)(=O)CC4CC4)cc3)[nH]c2c1Cl. The molecule has 0 amide bonds. The first-order chi connectivity index (χ1) is 17.7. The molecule has 9 heteroatoms. The third-order valence-electron chi connectivity index (χ3n) is 6.52. The minimum absolute atomic E-state index is 0.0263. The number of rotatable bonds is 9. The predicted molar refractivity (Wildman–Crippen MR) is 147 cm³/mol. The number of imidazole rings is 1. The number of nitrogens with zero attached hydrogens (tertiary/aromatic N) is 1. The third kappa shape index (κ3) is 5.36. The molecule has 1 aromatic heterocycles. The first kappa shape index (κ1) is 26.0. The Morgan fingerprint density at radius 3 is 2.46 bits per heavy atom. The van der Waals surface area contributed by atoms with Crippen LogP contribution in [0.5, 0.6) is 5.75 Å². The second-order valence-electron chi connectivity index (χ2n) is 9.76. The molecule has 1 fully saturated rings. The molecule has 0 bridgehead atoms. The van der Waals surface area contributed by atoms with Crippen LogP contribution in [0.25, 0.3) is 22.2 Å². The van der Waals surface area contributed by atoms with E-state index in [9.17, 15) is 13.5 Å². The number of ether oxygens (including phenoxy) is 1. The maximum Gasteiger partial charge on any atom is 0.178 e. The molecule has 0 aliphatic heterocycles. The van der Waals surface area contributed by atoms with Crippen LogP contribution in [0.4, 0.5) is 0 Å². The zero-order valence-corrected chi connectivity index (χ0v) is 22.9. The molecular weight excluding hydrogens is 531 g/mol. The molecule has 2 N–H and O–H groups in total. The van der Waals surface area contributed by atoms with Crippen molar-refractivity contribution in [3.63, 3.8) is 0 Å². The number of aliphatic hydroxyl groups excluding tert-OH is 1. The summed E-state index contributed by atoms with van der Waals surface area (Å²) in [5, 5.41) is 11.1. The van der Waals surface area contributed by atoms with Crippen molar-refractivity contribution in [3.8, 4) is 16.9 Å². The van der Waals surface area contributed by atoms with E-state index in [1.54, 1.807) is 30.3 Å². The van der Waals surface area contributed by atoms with Crippen LogP contribution in [-0.4, -0.2) is 42.0 Å². The van der Waals surface area contributed by atoms with Crippen molar-refractivity contribution < 1.29 is 18.3 Å². The number of nitrogens with one attached hydrogen (secondary N) is 1. The summed E-state index contributed by atoms with van der Waals surface area (Å²) in [6.07, 6.45) is 1.92. The Bertz CT molecular complexity index is 1540. The molecule has 1 saturated carbocycles. The van der Waals surface area contributed by atoms with Crippen molar-refractivity contribution in [2.45, 2.75) is 43.6 Å². The van der Waals surface area contributed by atoms with Crippen LogP contribution in [-0.2, 0) is 9.84 Å². The van der Waals surface area contributed by atoms with Gasteiger partial charge in [-0.25, -0.2) is 13.4 Å². The molecule has 194 valence electrons. The van der Waals surface area contributed by atoms with E-state index >= 15 is 0 Å². The Hall–Kier alpha value is -2.58. The molecular formula is C28H28Cl2N2O4S. The summed E-state index contributed by atoms with van der Waals surface area (Å²) in [7, 11) is -3.31. The third-order valence-corrected chi connectivity index (χ3v) is 9.09. The number of aromatic nitrogens is 2. The first-order valence-electron chi connectivity index (χ1n) is 12.2. The van der Waals surface area contributed by atoms with E-state index in [4.69, 9.17) is 27.9 Å². The van der Waals surface area contributed by atoms with Crippen LogP contribution in [0.1, 0.15) is 44.0 Å². The number of fused-ring (bicyclic) bond motifs is 1. The summed E-state index contributed by atoms with van der Waals surface area (Å²) in [4.78, 5) is 8.24. The van der Waals surface area contributed by atoms with Gasteiger partial charge < -0.3 is 14.8 Å². The summed E-state index contributed by atoms with van der Waals surface area (Å²) in [6.45, 7) is 3.68. The molecule has 1 unspecified atom stereocenters. The smallest absolute Gasteiger partial charge is 0.178 e. The average molecular weight is 560 g/mol. The molecule has 0 radical (unpaired) electrons. The second-order valence-corrected chi connectivity index (χ2v) is 12.6. The quantitative estimate of drug-likeness (QED) is 0.240. The lowest BCUT2D eigenvalue weighted by molar-refractivity contribution is 0.243. The fraction of sp³-hybridized carbons (Fsp3) is 0.321. The lowest BCUT2D eigenvalue weighted by Crippen LogP contribution is -2.10. The van der Waals surface area contributed by atoms with Crippen LogP contribution < -0.4 is 4.74 Å². The summed E-state index contributed by atoms with van der Waals surface area (Å²) in [6, 6.07) is 16.0. The minimum Gasteiger partial charge on any atom is -0.490 e. The highest BCUT2D eigenvalue weighted by atomic mass is 35.5. The van der Waals surface area contributed by atoms with E-state index in [0.717, 1.165) is 24.0 Å². The number of aromatic amines is 1. The zero-order chi connectivity index (χ0) is 26.3.